The quantitative estimate of drug-likeness (QED) is 0.634. The summed E-state index contributed by atoms with van der Waals surface area (Å²) in [5.41, 5.74) is 5.56. The molecular formula is C20H28. The molecule has 0 heterocycles. The van der Waals surface area contributed by atoms with Crippen molar-refractivity contribution < 1.29 is 0 Å². The highest BCUT2D eigenvalue weighted by Crippen LogP contribution is 2.13. The predicted octanol–water partition coefficient (Wildman–Crippen LogP) is 6.07. The SMILES string of the molecule is CCCc1ccc(C)cc1.Cc1ccc(C(C)C)cc1. The number of hydrogen-bond donors (Lipinski definition) is 0. The fraction of sp³-hybridized carbons (Fsp3) is 0.400. The van der Waals surface area contributed by atoms with Gasteiger partial charge in [-0.1, -0.05) is 86.8 Å². The van der Waals surface area contributed by atoms with Gasteiger partial charge in [0, 0.05) is 0 Å². The Hall–Kier alpha value is -1.56. The minimum Gasteiger partial charge on any atom is -0.0651 e. The van der Waals surface area contributed by atoms with Gasteiger partial charge in [-0.2, -0.15) is 0 Å². The zero-order valence-corrected chi connectivity index (χ0v) is 13.6. The van der Waals surface area contributed by atoms with Crippen LogP contribution >= 0.6 is 0 Å². The molecule has 2 aromatic carbocycles. The maximum absolute atomic E-state index is 2.21. The summed E-state index contributed by atoms with van der Waals surface area (Å²) in [5, 5.41) is 0. The van der Waals surface area contributed by atoms with Crippen LogP contribution in [-0.2, 0) is 6.42 Å². The summed E-state index contributed by atoms with van der Waals surface area (Å²) in [7, 11) is 0. The van der Waals surface area contributed by atoms with E-state index < -0.39 is 0 Å². The summed E-state index contributed by atoms with van der Waals surface area (Å²) < 4.78 is 0. The van der Waals surface area contributed by atoms with Crippen LogP contribution in [-0.4, -0.2) is 0 Å². The van der Waals surface area contributed by atoms with Crippen molar-refractivity contribution in [3.8, 4) is 0 Å². The summed E-state index contributed by atoms with van der Waals surface area (Å²) in [5.74, 6) is 0.653. The number of rotatable bonds is 3. The second-order valence-corrected chi connectivity index (χ2v) is 5.80. The van der Waals surface area contributed by atoms with Crippen LogP contribution in [0.4, 0.5) is 0 Å². The van der Waals surface area contributed by atoms with Gasteiger partial charge in [-0.3, -0.25) is 0 Å². The monoisotopic (exact) mass is 268 g/mol. The van der Waals surface area contributed by atoms with Crippen molar-refractivity contribution in [2.45, 2.75) is 53.4 Å². The Morgan fingerprint density at radius 3 is 1.60 bits per heavy atom. The summed E-state index contributed by atoms with van der Waals surface area (Å²) in [6.45, 7) is 10.9. The molecule has 0 unspecified atom stereocenters. The Morgan fingerprint density at radius 1 is 0.750 bits per heavy atom. The van der Waals surface area contributed by atoms with Crippen LogP contribution in [0.25, 0.3) is 0 Å². The molecule has 0 saturated carbocycles. The zero-order valence-electron chi connectivity index (χ0n) is 13.6. The van der Waals surface area contributed by atoms with Crippen molar-refractivity contribution in [2.75, 3.05) is 0 Å². The predicted molar refractivity (Wildman–Crippen MR) is 90.4 cm³/mol. The van der Waals surface area contributed by atoms with Crippen molar-refractivity contribution >= 4 is 0 Å². The van der Waals surface area contributed by atoms with Gasteiger partial charge < -0.3 is 0 Å². The van der Waals surface area contributed by atoms with E-state index in [-0.39, 0.29) is 0 Å². The van der Waals surface area contributed by atoms with Crippen LogP contribution < -0.4 is 0 Å². The smallest absolute Gasteiger partial charge is 0.0219 e. The van der Waals surface area contributed by atoms with Gasteiger partial charge in [0.1, 0.15) is 0 Å². The van der Waals surface area contributed by atoms with Crippen LogP contribution in [0.3, 0.4) is 0 Å². The molecule has 0 nitrogen and oxygen atoms in total. The second kappa shape index (κ2) is 8.58. The van der Waals surface area contributed by atoms with Crippen molar-refractivity contribution in [1.29, 1.82) is 0 Å². The van der Waals surface area contributed by atoms with E-state index in [2.05, 4.69) is 83.1 Å². The molecule has 0 aliphatic heterocycles. The summed E-state index contributed by atoms with van der Waals surface area (Å²) in [4.78, 5) is 0. The van der Waals surface area contributed by atoms with E-state index in [9.17, 15) is 0 Å². The maximum atomic E-state index is 2.21. The van der Waals surface area contributed by atoms with Crippen molar-refractivity contribution in [3.63, 3.8) is 0 Å². The molecule has 0 spiro atoms. The van der Waals surface area contributed by atoms with E-state index in [1.165, 1.54) is 35.1 Å². The first-order chi connectivity index (χ1) is 9.52. The average Bonchev–Trinajstić information content (AvgIpc) is 2.43. The van der Waals surface area contributed by atoms with Crippen LogP contribution in [0, 0.1) is 13.8 Å². The Balaban J connectivity index is 0.000000200. The maximum Gasteiger partial charge on any atom is -0.0219 e. The van der Waals surface area contributed by atoms with Crippen LogP contribution in [0.1, 0.15) is 55.4 Å². The molecule has 2 rings (SSSR count). The molecule has 0 saturated heterocycles. The minimum absolute atomic E-state index is 0.653. The van der Waals surface area contributed by atoms with Crippen molar-refractivity contribution in [3.05, 3.63) is 70.8 Å². The van der Waals surface area contributed by atoms with Crippen LogP contribution in [0.15, 0.2) is 48.5 Å². The Morgan fingerprint density at radius 2 is 1.20 bits per heavy atom. The second-order valence-electron chi connectivity index (χ2n) is 5.80. The van der Waals surface area contributed by atoms with Gasteiger partial charge in [-0.05, 0) is 37.3 Å². The summed E-state index contributed by atoms with van der Waals surface area (Å²) in [6, 6.07) is 17.5. The minimum atomic E-state index is 0.653. The fourth-order valence-corrected chi connectivity index (χ4v) is 1.99. The standard InChI is InChI=1S/2C10H14/c1-8(2)10-6-4-9(3)5-7-10;1-3-4-10-7-5-9(2)6-8-10/h4-8H,1-3H3;5-8H,3-4H2,1-2H3. The first kappa shape index (κ1) is 16.5. The van der Waals surface area contributed by atoms with Crippen molar-refractivity contribution in [1.82, 2.24) is 0 Å². The third kappa shape index (κ3) is 6.06. The van der Waals surface area contributed by atoms with E-state index in [0.717, 1.165) is 0 Å². The summed E-state index contributed by atoms with van der Waals surface area (Å²) in [6.07, 6.45) is 2.45. The van der Waals surface area contributed by atoms with Crippen LogP contribution in [0.2, 0.25) is 0 Å². The normalized spacial score (nSPS) is 10.1. The Labute approximate surface area is 124 Å². The van der Waals surface area contributed by atoms with Gasteiger partial charge in [0.2, 0.25) is 0 Å². The molecule has 0 aromatic heterocycles. The molecule has 108 valence electrons. The lowest BCUT2D eigenvalue weighted by atomic mass is 10.0. The number of hydrogen-bond acceptors (Lipinski definition) is 0. The third-order valence-electron chi connectivity index (χ3n) is 3.40. The number of aryl methyl sites for hydroxylation is 3. The molecule has 0 amide bonds. The van der Waals surface area contributed by atoms with Gasteiger partial charge in [0.25, 0.3) is 0 Å². The first-order valence-electron chi connectivity index (χ1n) is 7.65. The van der Waals surface area contributed by atoms with Gasteiger partial charge in [0.05, 0.1) is 0 Å². The Kier molecular flexibility index (Phi) is 7.08. The van der Waals surface area contributed by atoms with E-state index in [1.54, 1.807) is 0 Å². The molecule has 0 bridgehead atoms. The molecule has 0 aliphatic carbocycles. The molecule has 2 aromatic rings. The first-order valence-corrected chi connectivity index (χ1v) is 7.65. The third-order valence-corrected chi connectivity index (χ3v) is 3.40. The molecule has 20 heavy (non-hydrogen) atoms. The Bertz CT molecular complexity index is 474. The fourth-order valence-electron chi connectivity index (χ4n) is 1.99. The molecule has 0 fully saturated rings. The van der Waals surface area contributed by atoms with E-state index in [1.807, 2.05) is 0 Å². The number of benzene rings is 2. The highest BCUT2D eigenvalue weighted by molar-refractivity contribution is 5.23. The molecule has 0 N–H and O–H groups in total. The lowest BCUT2D eigenvalue weighted by molar-refractivity contribution is 0.866. The highest BCUT2D eigenvalue weighted by atomic mass is 14.0. The lowest BCUT2D eigenvalue weighted by Crippen LogP contribution is -1.85. The highest BCUT2D eigenvalue weighted by Gasteiger charge is 1.95. The van der Waals surface area contributed by atoms with E-state index >= 15 is 0 Å². The van der Waals surface area contributed by atoms with Gasteiger partial charge in [0.15, 0.2) is 0 Å². The largest absolute Gasteiger partial charge is 0.0651 e. The van der Waals surface area contributed by atoms with Crippen LogP contribution in [0.5, 0.6) is 0 Å². The van der Waals surface area contributed by atoms with Crippen molar-refractivity contribution in [2.24, 2.45) is 0 Å². The molecule has 0 radical (unpaired) electrons. The van der Waals surface area contributed by atoms with Gasteiger partial charge in [-0.25, -0.2) is 0 Å². The molecule has 0 atom stereocenters. The molecule has 0 heteroatoms. The van der Waals surface area contributed by atoms with Gasteiger partial charge >= 0.3 is 0 Å². The average molecular weight is 268 g/mol. The summed E-state index contributed by atoms with van der Waals surface area (Å²) >= 11 is 0. The van der Waals surface area contributed by atoms with Gasteiger partial charge in [-0.15, -0.1) is 0 Å². The molecule has 0 aliphatic rings. The molecular weight excluding hydrogens is 240 g/mol. The van der Waals surface area contributed by atoms with E-state index in [0.29, 0.717) is 5.92 Å². The topological polar surface area (TPSA) is 0 Å². The zero-order chi connectivity index (χ0) is 15.0. The van der Waals surface area contributed by atoms with E-state index in [4.69, 9.17) is 0 Å². The lowest BCUT2D eigenvalue weighted by Gasteiger charge is -2.03.